The largest absolute Gasteiger partial charge is 0.349 e. The molecule has 6 heteroatoms. The lowest BCUT2D eigenvalue weighted by Crippen LogP contribution is -2.21. The van der Waals surface area contributed by atoms with E-state index < -0.39 is 0 Å². The fourth-order valence-corrected chi connectivity index (χ4v) is 4.46. The first kappa shape index (κ1) is 20.8. The number of halogens is 1. The number of hydrogen-bond donors (Lipinski definition) is 1. The van der Waals surface area contributed by atoms with Gasteiger partial charge < -0.3 is 4.98 Å². The first-order chi connectivity index (χ1) is 14.4. The van der Waals surface area contributed by atoms with Gasteiger partial charge in [0.15, 0.2) is 0 Å². The van der Waals surface area contributed by atoms with Crippen molar-refractivity contribution in [3.05, 3.63) is 62.7 Å². The van der Waals surface area contributed by atoms with Crippen LogP contribution in [-0.2, 0) is 0 Å². The molecule has 2 unspecified atom stereocenters. The maximum absolute atomic E-state index is 12.9. The van der Waals surface area contributed by atoms with Gasteiger partial charge in [-0.15, -0.1) is 0 Å². The van der Waals surface area contributed by atoms with Gasteiger partial charge in [0, 0.05) is 27.5 Å². The van der Waals surface area contributed by atoms with Crippen molar-refractivity contribution in [2.75, 3.05) is 0 Å². The van der Waals surface area contributed by atoms with E-state index >= 15 is 0 Å². The molecule has 2 aromatic heterocycles. The highest BCUT2D eigenvalue weighted by Gasteiger charge is 2.20. The molecule has 30 heavy (non-hydrogen) atoms. The van der Waals surface area contributed by atoms with E-state index in [1.54, 1.807) is 0 Å². The highest BCUT2D eigenvalue weighted by molar-refractivity contribution is 9.10. The molecule has 2 atom stereocenters. The summed E-state index contributed by atoms with van der Waals surface area (Å²) in [4.78, 5) is 20.6. The molecule has 156 valence electrons. The van der Waals surface area contributed by atoms with Crippen LogP contribution in [0.1, 0.15) is 46.5 Å². The zero-order chi connectivity index (χ0) is 21.3. The van der Waals surface area contributed by atoms with E-state index in [-0.39, 0.29) is 5.56 Å². The predicted octanol–water partition coefficient (Wildman–Crippen LogP) is 6.19. The standard InChI is InChI=1S/C24H27BrN4O/c1-15(2)5-4-6-17-7-8-18(16(3)11-17)13-27-29-14-26-22-20-12-19(25)9-10-21(20)28-23(22)24(29)30/h5,7,9-10,12-14,16,18,28H,4,6,8,11H2,1-3H3/b27-13+. The summed E-state index contributed by atoms with van der Waals surface area (Å²) >= 11 is 3.48. The highest BCUT2D eigenvalue weighted by Crippen LogP contribution is 2.31. The average Bonchev–Trinajstić information content (AvgIpc) is 3.07. The van der Waals surface area contributed by atoms with Crippen molar-refractivity contribution in [2.45, 2.75) is 46.5 Å². The first-order valence-corrected chi connectivity index (χ1v) is 11.3. The number of benzene rings is 1. The van der Waals surface area contributed by atoms with E-state index in [1.165, 1.54) is 22.1 Å². The Hall–Kier alpha value is -2.47. The minimum atomic E-state index is -0.176. The number of H-pyrrole nitrogens is 1. The third-order valence-corrected chi connectivity index (χ3v) is 6.34. The number of fused-ring (bicyclic) bond motifs is 3. The number of nitrogens with zero attached hydrogens (tertiary/aromatic N) is 3. The summed E-state index contributed by atoms with van der Waals surface area (Å²) in [5, 5.41) is 5.41. The van der Waals surface area contributed by atoms with Crippen LogP contribution in [0.5, 0.6) is 0 Å². The predicted molar refractivity (Wildman–Crippen MR) is 128 cm³/mol. The van der Waals surface area contributed by atoms with E-state index in [4.69, 9.17) is 0 Å². The van der Waals surface area contributed by atoms with Crippen molar-refractivity contribution >= 4 is 44.1 Å². The Morgan fingerprint density at radius 1 is 1.40 bits per heavy atom. The van der Waals surface area contributed by atoms with Crippen LogP contribution in [0.25, 0.3) is 21.9 Å². The lowest BCUT2D eigenvalue weighted by molar-refractivity contribution is 0.429. The van der Waals surface area contributed by atoms with Crippen LogP contribution in [0.15, 0.2) is 62.2 Å². The van der Waals surface area contributed by atoms with E-state index in [0.29, 0.717) is 22.9 Å². The van der Waals surface area contributed by atoms with Gasteiger partial charge in [0.1, 0.15) is 17.4 Å². The minimum absolute atomic E-state index is 0.176. The molecule has 2 heterocycles. The fourth-order valence-electron chi connectivity index (χ4n) is 4.10. The van der Waals surface area contributed by atoms with Crippen molar-refractivity contribution in [3.8, 4) is 0 Å². The molecule has 1 N–H and O–H groups in total. The average molecular weight is 467 g/mol. The Kier molecular flexibility index (Phi) is 6.04. The molecule has 1 aromatic carbocycles. The van der Waals surface area contributed by atoms with Crippen LogP contribution < -0.4 is 5.56 Å². The Labute approximate surface area is 184 Å². The third kappa shape index (κ3) is 4.33. The van der Waals surface area contributed by atoms with Gasteiger partial charge in [0.25, 0.3) is 5.56 Å². The molecule has 0 aliphatic heterocycles. The molecule has 4 rings (SSSR count). The number of aromatic nitrogens is 3. The summed E-state index contributed by atoms with van der Waals surface area (Å²) in [7, 11) is 0. The van der Waals surface area contributed by atoms with Gasteiger partial charge >= 0.3 is 0 Å². The summed E-state index contributed by atoms with van der Waals surface area (Å²) in [6, 6.07) is 5.86. The van der Waals surface area contributed by atoms with Gasteiger partial charge in [0.2, 0.25) is 0 Å². The van der Waals surface area contributed by atoms with Gasteiger partial charge in [0.05, 0.1) is 0 Å². The molecular formula is C24H27BrN4O. The quantitative estimate of drug-likeness (QED) is 0.359. The zero-order valence-electron chi connectivity index (χ0n) is 17.7. The number of hydrogen-bond acceptors (Lipinski definition) is 3. The number of nitrogens with one attached hydrogen (secondary N) is 1. The number of rotatable bonds is 5. The summed E-state index contributed by atoms with van der Waals surface area (Å²) in [6.45, 7) is 6.56. The Balaban J connectivity index is 1.53. The monoisotopic (exact) mass is 466 g/mol. The number of allylic oxidation sites excluding steroid dienone is 4. The van der Waals surface area contributed by atoms with Crippen molar-refractivity contribution in [1.29, 1.82) is 0 Å². The second kappa shape index (κ2) is 8.72. The van der Waals surface area contributed by atoms with E-state index in [2.05, 4.69) is 63.9 Å². The van der Waals surface area contributed by atoms with Crippen molar-refractivity contribution in [2.24, 2.45) is 16.9 Å². The van der Waals surface area contributed by atoms with Crippen molar-refractivity contribution < 1.29 is 0 Å². The van der Waals surface area contributed by atoms with E-state index in [1.807, 2.05) is 24.4 Å². The van der Waals surface area contributed by atoms with E-state index in [0.717, 1.165) is 41.1 Å². The highest BCUT2D eigenvalue weighted by atomic mass is 79.9. The van der Waals surface area contributed by atoms with Crippen LogP contribution >= 0.6 is 15.9 Å². The van der Waals surface area contributed by atoms with Crippen LogP contribution in [0, 0.1) is 11.8 Å². The molecule has 0 saturated carbocycles. The van der Waals surface area contributed by atoms with Crippen LogP contribution in [0.3, 0.4) is 0 Å². The summed E-state index contributed by atoms with van der Waals surface area (Å²) < 4.78 is 2.30. The molecule has 0 spiro atoms. The maximum Gasteiger partial charge on any atom is 0.298 e. The van der Waals surface area contributed by atoms with Crippen LogP contribution in [-0.4, -0.2) is 20.9 Å². The smallest absolute Gasteiger partial charge is 0.298 e. The SMILES string of the molecule is CC(C)=CCCC1=CCC(/C=N/n2cnc3c([nH]c4ccc(Br)cc43)c2=O)C(C)C1. The minimum Gasteiger partial charge on any atom is -0.349 e. The molecule has 1 aliphatic carbocycles. The van der Waals surface area contributed by atoms with E-state index in [9.17, 15) is 4.79 Å². The normalized spacial score (nSPS) is 19.5. The molecule has 0 fully saturated rings. The Morgan fingerprint density at radius 3 is 3.00 bits per heavy atom. The van der Waals surface area contributed by atoms with Crippen molar-refractivity contribution in [1.82, 2.24) is 14.6 Å². The lowest BCUT2D eigenvalue weighted by atomic mass is 9.80. The van der Waals surface area contributed by atoms with Gasteiger partial charge in [-0.25, -0.2) is 4.98 Å². The van der Waals surface area contributed by atoms with Crippen molar-refractivity contribution in [3.63, 3.8) is 0 Å². The molecule has 0 bridgehead atoms. The Bertz CT molecular complexity index is 1230. The maximum atomic E-state index is 12.9. The van der Waals surface area contributed by atoms with Gasteiger partial charge in [-0.1, -0.05) is 46.2 Å². The summed E-state index contributed by atoms with van der Waals surface area (Å²) in [6.07, 6.45) is 12.4. The summed E-state index contributed by atoms with van der Waals surface area (Å²) in [5.41, 5.74) is 4.80. The second-order valence-electron chi connectivity index (χ2n) is 8.46. The molecule has 0 amide bonds. The third-order valence-electron chi connectivity index (χ3n) is 5.85. The number of aromatic amines is 1. The summed E-state index contributed by atoms with van der Waals surface area (Å²) in [5.74, 6) is 0.844. The van der Waals surface area contributed by atoms with Crippen LogP contribution in [0.2, 0.25) is 0 Å². The molecule has 3 aromatic rings. The fraction of sp³-hybridized carbons (Fsp3) is 0.375. The van der Waals surface area contributed by atoms with Gasteiger partial charge in [-0.3, -0.25) is 4.79 Å². The lowest BCUT2D eigenvalue weighted by Gasteiger charge is -2.25. The zero-order valence-corrected chi connectivity index (χ0v) is 19.2. The second-order valence-corrected chi connectivity index (χ2v) is 9.38. The first-order valence-electron chi connectivity index (χ1n) is 10.5. The van der Waals surface area contributed by atoms with Gasteiger partial charge in [-0.05, 0) is 63.6 Å². The molecular weight excluding hydrogens is 440 g/mol. The molecule has 0 saturated heterocycles. The Morgan fingerprint density at radius 2 is 2.23 bits per heavy atom. The van der Waals surface area contributed by atoms with Crippen LogP contribution in [0.4, 0.5) is 0 Å². The molecule has 0 radical (unpaired) electrons. The topological polar surface area (TPSA) is 63.0 Å². The molecule has 5 nitrogen and oxygen atoms in total. The molecule has 1 aliphatic rings. The van der Waals surface area contributed by atoms with Gasteiger partial charge in [-0.2, -0.15) is 9.78 Å².